The number of hydrogen-bond acceptors (Lipinski definition) is 1. The van der Waals surface area contributed by atoms with Crippen molar-refractivity contribution in [1.82, 2.24) is 4.90 Å². The maximum absolute atomic E-state index is 11.7. The molecule has 0 saturated carbocycles. The first kappa shape index (κ1) is 12.0. The molecule has 0 rings (SSSR count). The van der Waals surface area contributed by atoms with Gasteiger partial charge in [-0.2, -0.15) is 0 Å². The van der Waals surface area contributed by atoms with Crippen LogP contribution in [0.1, 0.15) is 33.6 Å². The predicted octanol–water partition coefficient (Wildman–Crippen LogP) is 1.90. The van der Waals surface area contributed by atoms with E-state index >= 15 is 0 Å². The van der Waals surface area contributed by atoms with Crippen molar-refractivity contribution in [2.24, 2.45) is 5.92 Å². The van der Waals surface area contributed by atoms with Gasteiger partial charge in [0.1, 0.15) is 0 Å². The second kappa shape index (κ2) is 5.64. The molecule has 0 aromatic rings. The lowest BCUT2D eigenvalue weighted by Gasteiger charge is -2.26. The van der Waals surface area contributed by atoms with Crippen molar-refractivity contribution in [3.63, 3.8) is 0 Å². The Morgan fingerprint density at radius 2 is 2.08 bits per heavy atom. The SMILES string of the molecule is C#CCC(C)C(=O)N(C)C(C)CC. The summed E-state index contributed by atoms with van der Waals surface area (Å²) in [6.45, 7) is 5.99. The average molecular weight is 181 g/mol. The van der Waals surface area contributed by atoms with Crippen LogP contribution < -0.4 is 0 Å². The van der Waals surface area contributed by atoms with Gasteiger partial charge in [-0.25, -0.2) is 0 Å². The third-order valence-electron chi connectivity index (χ3n) is 2.45. The van der Waals surface area contributed by atoms with Crippen LogP contribution in [0.4, 0.5) is 0 Å². The zero-order valence-electron chi connectivity index (χ0n) is 9.00. The van der Waals surface area contributed by atoms with Gasteiger partial charge in [0.25, 0.3) is 0 Å². The van der Waals surface area contributed by atoms with E-state index in [9.17, 15) is 4.79 Å². The zero-order valence-corrected chi connectivity index (χ0v) is 9.00. The molecule has 0 radical (unpaired) electrons. The number of amides is 1. The van der Waals surface area contributed by atoms with Crippen LogP contribution in [0.3, 0.4) is 0 Å². The third-order valence-corrected chi connectivity index (χ3v) is 2.45. The molecule has 0 bridgehead atoms. The fraction of sp³-hybridized carbons (Fsp3) is 0.727. The fourth-order valence-corrected chi connectivity index (χ4v) is 1.10. The van der Waals surface area contributed by atoms with Crippen LogP contribution in [0.25, 0.3) is 0 Å². The van der Waals surface area contributed by atoms with E-state index in [4.69, 9.17) is 6.42 Å². The molecule has 2 unspecified atom stereocenters. The largest absolute Gasteiger partial charge is 0.343 e. The summed E-state index contributed by atoms with van der Waals surface area (Å²) in [5.74, 6) is 2.61. The van der Waals surface area contributed by atoms with Crippen molar-refractivity contribution in [3.05, 3.63) is 0 Å². The number of hydrogen-bond donors (Lipinski definition) is 0. The van der Waals surface area contributed by atoms with E-state index in [0.29, 0.717) is 12.5 Å². The van der Waals surface area contributed by atoms with E-state index in [1.165, 1.54) is 0 Å². The molecule has 74 valence electrons. The Hall–Kier alpha value is -0.970. The highest BCUT2D eigenvalue weighted by molar-refractivity contribution is 5.78. The summed E-state index contributed by atoms with van der Waals surface area (Å²) in [7, 11) is 1.84. The van der Waals surface area contributed by atoms with Crippen LogP contribution in [0.15, 0.2) is 0 Å². The molecule has 0 aliphatic heterocycles. The summed E-state index contributed by atoms with van der Waals surface area (Å²) in [5.41, 5.74) is 0. The highest BCUT2D eigenvalue weighted by Gasteiger charge is 2.19. The summed E-state index contributed by atoms with van der Waals surface area (Å²) in [6, 6.07) is 0.299. The van der Waals surface area contributed by atoms with E-state index in [1.807, 2.05) is 20.9 Å². The van der Waals surface area contributed by atoms with Gasteiger partial charge in [0.05, 0.1) is 0 Å². The molecule has 13 heavy (non-hydrogen) atoms. The maximum atomic E-state index is 11.7. The Labute approximate surface area is 81.3 Å². The molecule has 0 aliphatic carbocycles. The van der Waals surface area contributed by atoms with Crippen molar-refractivity contribution < 1.29 is 4.79 Å². The number of rotatable bonds is 4. The van der Waals surface area contributed by atoms with Crippen LogP contribution in [0.2, 0.25) is 0 Å². The van der Waals surface area contributed by atoms with E-state index in [2.05, 4.69) is 12.8 Å². The van der Waals surface area contributed by atoms with Crippen molar-refractivity contribution in [2.75, 3.05) is 7.05 Å². The summed E-state index contributed by atoms with van der Waals surface area (Å²) < 4.78 is 0. The van der Waals surface area contributed by atoms with Gasteiger partial charge in [-0.1, -0.05) is 13.8 Å². The van der Waals surface area contributed by atoms with Crippen LogP contribution >= 0.6 is 0 Å². The minimum absolute atomic E-state index is 0.0519. The monoisotopic (exact) mass is 181 g/mol. The zero-order chi connectivity index (χ0) is 10.4. The molecule has 2 atom stereocenters. The van der Waals surface area contributed by atoms with Crippen molar-refractivity contribution >= 4 is 5.91 Å². The number of carbonyl (C=O) groups is 1. The lowest BCUT2D eigenvalue weighted by atomic mass is 10.1. The van der Waals surface area contributed by atoms with Gasteiger partial charge in [-0.3, -0.25) is 4.79 Å². The van der Waals surface area contributed by atoms with E-state index in [-0.39, 0.29) is 11.8 Å². The molecule has 0 aliphatic rings. The standard InChI is InChI=1S/C11H19NO/c1-6-8-9(3)11(13)12(5)10(4)7-2/h1,9-10H,7-8H2,2-5H3. The average Bonchev–Trinajstić information content (AvgIpc) is 2.14. The molecule has 0 aromatic heterocycles. The van der Waals surface area contributed by atoms with Gasteiger partial charge in [0, 0.05) is 25.4 Å². The van der Waals surface area contributed by atoms with Gasteiger partial charge in [0.2, 0.25) is 5.91 Å². The van der Waals surface area contributed by atoms with Crippen LogP contribution in [0.5, 0.6) is 0 Å². The highest BCUT2D eigenvalue weighted by Crippen LogP contribution is 2.09. The lowest BCUT2D eigenvalue weighted by molar-refractivity contribution is -0.135. The summed E-state index contributed by atoms with van der Waals surface area (Å²) in [6.07, 6.45) is 6.66. The lowest BCUT2D eigenvalue weighted by Crippen LogP contribution is -2.37. The highest BCUT2D eigenvalue weighted by atomic mass is 16.2. The Kier molecular flexibility index (Phi) is 5.22. The van der Waals surface area contributed by atoms with E-state index in [0.717, 1.165) is 6.42 Å². The summed E-state index contributed by atoms with van der Waals surface area (Å²) >= 11 is 0. The predicted molar refractivity (Wildman–Crippen MR) is 55.1 cm³/mol. The molecule has 0 heterocycles. The van der Waals surface area contributed by atoms with Gasteiger partial charge in [-0.05, 0) is 13.3 Å². The topological polar surface area (TPSA) is 20.3 Å². The first-order valence-electron chi connectivity index (χ1n) is 4.74. The van der Waals surface area contributed by atoms with E-state index < -0.39 is 0 Å². The van der Waals surface area contributed by atoms with Gasteiger partial charge >= 0.3 is 0 Å². The maximum Gasteiger partial charge on any atom is 0.226 e. The molecule has 0 fully saturated rings. The Morgan fingerprint density at radius 3 is 2.46 bits per heavy atom. The Bertz CT molecular complexity index is 205. The van der Waals surface area contributed by atoms with E-state index in [1.54, 1.807) is 4.90 Å². The quantitative estimate of drug-likeness (QED) is 0.607. The van der Waals surface area contributed by atoms with Gasteiger partial charge in [-0.15, -0.1) is 12.3 Å². The molecule has 1 amide bonds. The van der Waals surface area contributed by atoms with Crippen molar-refractivity contribution in [2.45, 2.75) is 39.7 Å². The molecule has 2 nitrogen and oxygen atoms in total. The first-order chi connectivity index (χ1) is 6.04. The molecule has 0 spiro atoms. The minimum Gasteiger partial charge on any atom is -0.343 e. The number of carbonyl (C=O) groups excluding carboxylic acids is 1. The third kappa shape index (κ3) is 3.50. The summed E-state index contributed by atoms with van der Waals surface area (Å²) in [4.78, 5) is 13.4. The molecular formula is C11H19NO. The van der Waals surface area contributed by atoms with Crippen molar-refractivity contribution in [1.29, 1.82) is 0 Å². The minimum atomic E-state index is -0.0519. The Balaban J connectivity index is 4.18. The second-order valence-corrected chi connectivity index (χ2v) is 3.52. The van der Waals surface area contributed by atoms with Crippen LogP contribution in [0, 0.1) is 18.3 Å². The molecule has 0 N–H and O–H groups in total. The molecule has 2 heteroatoms. The second-order valence-electron chi connectivity index (χ2n) is 3.52. The first-order valence-corrected chi connectivity index (χ1v) is 4.74. The van der Waals surface area contributed by atoms with Crippen LogP contribution in [-0.2, 0) is 4.79 Å². The normalized spacial score (nSPS) is 14.4. The molecule has 0 saturated heterocycles. The summed E-state index contributed by atoms with van der Waals surface area (Å²) in [5, 5.41) is 0. The number of nitrogens with zero attached hydrogens (tertiary/aromatic N) is 1. The van der Waals surface area contributed by atoms with Crippen molar-refractivity contribution in [3.8, 4) is 12.3 Å². The molecular weight excluding hydrogens is 162 g/mol. The van der Waals surface area contributed by atoms with Crippen LogP contribution in [-0.4, -0.2) is 23.9 Å². The smallest absolute Gasteiger partial charge is 0.226 e. The fourth-order valence-electron chi connectivity index (χ4n) is 1.10. The van der Waals surface area contributed by atoms with Gasteiger partial charge in [0.15, 0.2) is 0 Å². The Morgan fingerprint density at radius 1 is 1.54 bits per heavy atom. The van der Waals surface area contributed by atoms with Gasteiger partial charge < -0.3 is 4.90 Å². The number of terminal acetylenes is 1. The molecule has 0 aromatic carbocycles.